The van der Waals surface area contributed by atoms with E-state index in [1.54, 1.807) is 12.1 Å². The number of imidazole rings is 1. The van der Waals surface area contributed by atoms with Gasteiger partial charge in [0.2, 0.25) is 0 Å². The number of rotatable bonds is 9. The number of nitrogens with zero attached hydrogens (tertiary/aromatic N) is 2. The summed E-state index contributed by atoms with van der Waals surface area (Å²) >= 11 is 0. The summed E-state index contributed by atoms with van der Waals surface area (Å²) in [5.41, 5.74) is 5.09. The molecule has 4 aromatic rings. The van der Waals surface area contributed by atoms with Gasteiger partial charge in [0.05, 0.1) is 29.8 Å². The molecule has 0 unspecified atom stereocenters. The molecule has 10 heteroatoms. The molecular formula is C34H38N4O6. The van der Waals surface area contributed by atoms with Gasteiger partial charge in [0.1, 0.15) is 6.61 Å². The molecule has 2 aliphatic rings. The number of ether oxygens (including phenoxy) is 3. The first-order valence-corrected chi connectivity index (χ1v) is 15.1. The second-order valence-electron chi connectivity index (χ2n) is 11.3. The minimum atomic E-state index is -0.597. The number of aliphatic hydroxyl groups excluding tert-OH is 1. The number of H-pyrrole nitrogens is 1. The van der Waals surface area contributed by atoms with Crippen molar-refractivity contribution in [3.63, 3.8) is 0 Å². The van der Waals surface area contributed by atoms with Crippen LogP contribution in [0.2, 0.25) is 0 Å². The standard InChI is InChI=1S/C34H38N4O6/c1-2-19-42-34(41)35-26-13-11-25(12-14-26)32-43-28(20-31(44-32)24-9-7-23(22-39)8-10-24)21-37-17-15-27(16-18-37)38-30-6-4-3-5-29(30)36-33(38)40/h2-14,27-28,31-32,39H,1,15-22H2,(H,35,41)(H,36,40)/t28-,31+,32+/m0/s1. The van der Waals surface area contributed by atoms with E-state index in [9.17, 15) is 14.7 Å². The predicted octanol–water partition coefficient (Wildman–Crippen LogP) is 5.44. The van der Waals surface area contributed by atoms with E-state index in [0.29, 0.717) is 12.1 Å². The van der Waals surface area contributed by atoms with E-state index >= 15 is 0 Å². The number of carbonyl (C=O) groups excluding carboxylic acids is 1. The van der Waals surface area contributed by atoms with Crippen molar-refractivity contribution in [2.45, 2.75) is 50.4 Å². The summed E-state index contributed by atoms with van der Waals surface area (Å²) in [6.07, 6.45) is 2.53. The zero-order valence-electron chi connectivity index (χ0n) is 24.6. The molecule has 0 radical (unpaired) electrons. The molecule has 6 rings (SSSR count). The van der Waals surface area contributed by atoms with E-state index in [4.69, 9.17) is 14.2 Å². The van der Waals surface area contributed by atoms with Gasteiger partial charge in [-0.25, -0.2) is 9.59 Å². The molecule has 0 spiro atoms. The van der Waals surface area contributed by atoms with Crippen molar-refractivity contribution in [1.82, 2.24) is 14.5 Å². The van der Waals surface area contributed by atoms with Crippen LogP contribution in [0.25, 0.3) is 11.0 Å². The van der Waals surface area contributed by atoms with Crippen molar-refractivity contribution in [3.05, 3.63) is 113 Å². The van der Waals surface area contributed by atoms with Crippen molar-refractivity contribution < 1.29 is 24.1 Å². The lowest BCUT2D eigenvalue weighted by Gasteiger charge is -2.40. The molecule has 2 aliphatic heterocycles. The van der Waals surface area contributed by atoms with E-state index in [2.05, 4.69) is 21.8 Å². The lowest BCUT2D eigenvalue weighted by Crippen LogP contribution is -2.43. The largest absolute Gasteiger partial charge is 0.445 e. The van der Waals surface area contributed by atoms with Gasteiger partial charge >= 0.3 is 11.8 Å². The third kappa shape index (κ3) is 6.79. The van der Waals surface area contributed by atoms with Crippen LogP contribution < -0.4 is 11.0 Å². The second kappa shape index (κ2) is 13.6. The Balaban J connectivity index is 1.14. The number of fused-ring (bicyclic) bond motifs is 1. The number of benzene rings is 3. The van der Waals surface area contributed by atoms with Gasteiger partial charge in [-0.3, -0.25) is 9.88 Å². The number of likely N-dealkylation sites (tertiary alicyclic amines) is 1. The van der Waals surface area contributed by atoms with Crippen LogP contribution >= 0.6 is 0 Å². The molecule has 1 amide bonds. The van der Waals surface area contributed by atoms with Gasteiger partial charge in [0, 0.05) is 43.3 Å². The van der Waals surface area contributed by atoms with Crippen molar-refractivity contribution in [3.8, 4) is 0 Å². The number of carbonyl (C=O) groups is 1. The Morgan fingerprint density at radius 1 is 1.02 bits per heavy atom. The molecular weight excluding hydrogens is 560 g/mol. The monoisotopic (exact) mass is 598 g/mol. The first-order valence-electron chi connectivity index (χ1n) is 15.1. The van der Waals surface area contributed by atoms with Gasteiger partial charge in [-0.15, -0.1) is 0 Å². The van der Waals surface area contributed by atoms with Gasteiger partial charge in [0.25, 0.3) is 0 Å². The Kier molecular flexibility index (Phi) is 9.23. The summed E-state index contributed by atoms with van der Waals surface area (Å²) in [5, 5.41) is 12.2. The number of hydrogen-bond acceptors (Lipinski definition) is 7. The number of nitrogens with one attached hydrogen (secondary N) is 2. The number of aliphatic hydroxyl groups is 1. The molecule has 3 heterocycles. The number of amides is 1. The fourth-order valence-corrected chi connectivity index (χ4v) is 6.13. The first kappa shape index (κ1) is 29.8. The highest BCUT2D eigenvalue weighted by Gasteiger charge is 2.34. The van der Waals surface area contributed by atoms with Gasteiger partial charge in [0.15, 0.2) is 6.29 Å². The molecule has 3 aromatic carbocycles. The van der Waals surface area contributed by atoms with Crippen LogP contribution in [0, 0.1) is 0 Å². The summed E-state index contributed by atoms with van der Waals surface area (Å²) < 4.78 is 19.9. The van der Waals surface area contributed by atoms with E-state index < -0.39 is 12.4 Å². The van der Waals surface area contributed by atoms with Crippen LogP contribution in [0.15, 0.2) is 90.2 Å². The number of anilines is 1. The molecule has 10 nitrogen and oxygen atoms in total. The summed E-state index contributed by atoms with van der Waals surface area (Å²) in [7, 11) is 0. The molecule has 230 valence electrons. The third-order valence-corrected chi connectivity index (χ3v) is 8.38. The lowest BCUT2D eigenvalue weighted by atomic mass is 9.98. The van der Waals surface area contributed by atoms with E-state index in [1.165, 1.54) is 6.08 Å². The van der Waals surface area contributed by atoms with E-state index in [1.807, 2.05) is 65.2 Å². The molecule has 0 aliphatic carbocycles. The zero-order chi connectivity index (χ0) is 30.5. The summed E-state index contributed by atoms with van der Waals surface area (Å²) in [6.45, 7) is 6.14. The Labute approximate surface area is 255 Å². The number of hydrogen-bond donors (Lipinski definition) is 3. The maximum atomic E-state index is 12.7. The molecule has 1 aromatic heterocycles. The van der Waals surface area contributed by atoms with Gasteiger partial charge in [-0.2, -0.15) is 0 Å². The number of para-hydroxylation sites is 2. The first-order chi connectivity index (χ1) is 21.5. The molecule has 0 bridgehead atoms. The smallest absolute Gasteiger partial charge is 0.411 e. The lowest BCUT2D eigenvalue weighted by molar-refractivity contribution is -0.253. The maximum Gasteiger partial charge on any atom is 0.411 e. The average molecular weight is 599 g/mol. The summed E-state index contributed by atoms with van der Waals surface area (Å²) in [4.78, 5) is 30.1. The highest BCUT2D eigenvalue weighted by molar-refractivity contribution is 5.84. The number of aromatic nitrogens is 2. The average Bonchev–Trinajstić information content (AvgIpc) is 3.40. The molecule has 44 heavy (non-hydrogen) atoms. The Bertz CT molecular complexity index is 1620. The van der Waals surface area contributed by atoms with Crippen LogP contribution in [0.5, 0.6) is 0 Å². The van der Waals surface area contributed by atoms with Gasteiger partial charge < -0.3 is 29.2 Å². The van der Waals surface area contributed by atoms with Crippen LogP contribution in [0.3, 0.4) is 0 Å². The Morgan fingerprint density at radius 3 is 2.48 bits per heavy atom. The van der Waals surface area contributed by atoms with Crippen molar-refractivity contribution in [2.24, 2.45) is 0 Å². The zero-order valence-corrected chi connectivity index (χ0v) is 24.6. The quantitative estimate of drug-likeness (QED) is 0.220. The normalized spacial score (nSPS) is 21.2. The van der Waals surface area contributed by atoms with Crippen molar-refractivity contribution in [1.29, 1.82) is 0 Å². The molecule has 3 N–H and O–H groups in total. The molecule has 2 saturated heterocycles. The maximum absolute atomic E-state index is 12.7. The topological polar surface area (TPSA) is 118 Å². The number of aromatic amines is 1. The van der Waals surface area contributed by atoms with Crippen LogP contribution in [-0.4, -0.2) is 58.0 Å². The van der Waals surface area contributed by atoms with E-state index in [0.717, 1.165) is 60.2 Å². The fraction of sp³-hybridized carbons (Fsp3) is 0.353. The number of piperidine rings is 1. The second-order valence-corrected chi connectivity index (χ2v) is 11.3. The highest BCUT2D eigenvalue weighted by Crippen LogP contribution is 2.39. The van der Waals surface area contributed by atoms with Crippen LogP contribution in [-0.2, 0) is 20.8 Å². The molecule has 2 fully saturated rings. The Morgan fingerprint density at radius 2 is 1.75 bits per heavy atom. The molecule has 3 atom stereocenters. The van der Waals surface area contributed by atoms with Crippen LogP contribution in [0.1, 0.15) is 54.4 Å². The SMILES string of the molecule is C=CCOC(=O)Nc1ccc([C@@H]2O[C@H](CN3CCC(n4c(=O)[nH]c5ccccc54)CC3)C[C@H](c3ccc(CO)cc3)O2)cc1. The van der Waals surface area contributed by atoms with Crippen LogP contribution in [0.4, 0.5) is 10.5 Å². The summed E-state index contributed by atoms with van der Waals surface area (Å²) in [5.74, 6) is 0. The third-order valence-electron chi connectivity index (χ3n) is 8.38. The minimum absolute atomic E-state index is 0.0116. The molecule has 0 saturated carbocycles. The minimum Gasteiger partial charge on any atom is -0.445 e. The van der Waals surface area contributed by atoms with Gasteiger partial charge in [-0.05, 0) is 48.2 Å². The van der Waals surface area contributed by atoms with Gasteiger partial charge in [-0.1, -0.05) is 61.2 Å². The van der Waals surface area contributed by atoms with Crippen molar-refractivity contribution >= 4 is 22.8 Å². The fourth-order valence-electron chi connectivity index (χ4n) is 6.13. The predicted molar refractivity (Wildman–Crippen MR) is 167 cm³/mol. The summed E-state index contributed by atoms with van der Waals surface area (Å²) in [6, 6.07) is 23.2. The Hall–Kier alpha value is -4.22. The van der Waals surface area contributed by atoms with E-state index in [-0.39, 0.29) is 37.2 Å². The highest BCUT2D eigenvalue weighted by atomic mass is 16.7. The van der Waals surface area contributed by atoms with Crippen molar-refractivity contribution in [2.75, 3.05) is 31.6 Å².